The number of halogens is 2. The van der Waals surface area contributed by atoms with Crippen molar-refractivity contribution in [1.29, 1.82) is 0 Å². The van der Waals surface area contributed by atoms with Crippen LogP contribution < -0.4 is 10.6 Å². The number of aliphatic carboxylic acids is 1. The highest BCUT2D eigenvalue weighted by Crippen LogP contribution is 2.25. The molecule has 98 valence electrons. The van der Waals surface area contributed by atoms with E-state index in [9.17, 15) is 9.59 Å². The third-order valence-corrected chi connectivity index (χ3v) is 3.37. The van der Waals surface area contributed by atoms with Gasteiger partial charge in [-0.25, -0.2) is 9.59 Å². The van der Waals surface area contributed by atoms with Crippen LogP contribution in [0.1, 0.15) is 13.8 Å². The Labute approximate surface area is 118 Å². The molecule has 1 aromatic rings. The molecule has 0 saturated heterocycles. The number of carbonyl (C=O) groups excluding carboxylic acids is 1. The monoisotopic (exact) mass is 334 g/mol. The van der Waals surface area contributed by atoms with Crippen molar-refractivity contribution in [2.75, 3.05) is 5.32 Å². The first kappa shape index (κ1) is 14.8. The predicted molar refractivity (Wildman–Crippen MR) is 73.0 cm³/mol. The summed E-state index contributed by atoms with van der Waals surface area (Å²) in [4.78, 5) is 22.4. The molecule has 2 amide bonds. The van der Waals surface area contributed by atoms with Crippen LogP contribution in [0.4, 0.5) is 10.5 Å². The van der Waals surface area contributed by atoms with Gasteiger partial charge in [0.2, 0.25) is 0 Å². The standard InChI is InChI=1S/C11H12BrClN2O3/c1-11(2,9(16)17)15-10(18)14-6-3-4-7(12)8(13)5-6/h3-5H,1-2H3,(H,16,17)(H2,14,15,18). The number of amides is 2. The third kappa shape index (κ3) is 3.89. The highest BCUT2D eigenvalue weighted by molar-refractivity contribution is 9.10. The van der Waals surface area contributed by atoms with Crippen LogP contribution in [0.5, 0.6) is 0 Å². The van der Waals surface area contributed by atoms with E-state index in [1.165, 1.54) is 13.8 Å². The van der Waals surface area contributed by atoms with Gasteiger partial charge in [0.05, 0.1) is 5.02 Å². The number of anilines is 1. The van der Waals surface area contributed by atoms with Crippen LogP contribution in [0, 0.1) is 0 Å². The number of nitrogens with one attached hydrogen (secondary N) is 2. The Kier molecular flexibility index (Phi) is 4.59. The topological polar surface area (TPSA) is 78.4 Å². The molecule has 1 aromatic carbocycles. The van der Waals surface area contributed by atoms with Crippen LogP contribution in [0.2, 0.25) is 5.02 Å². The van der Waals surface area contributed by atoms with Gasteiger partial charge in [0.15, 0.2) is 0 Å². The molecule has 0 spiro atoms. The maximum atomic E-state index is 11.6. The summed E-state index contributed by atoms with van der Waals surface area (Å²) in [6, 6.07) is 4.27. The molecular formula is C11H12BrClN2O3. The van der Waals surface area contributed by atoms with Crippen molar-refractivity contribution in [3.05, 3.63) is 27.7 Å². The molecule has 0 atom stereocenters. The fourth-order valence-corrected chi connectivity index (χ4v) is 1.50. The van der Waals surface area contributed by atoms with E-state index in [1.807, 2.05) is 0 Å². The Morgan fingerprint density at radius 3 is 2.50 bits per heavy atom. The van der Waals surface area contributed by atoms with Crippen LogP contribution in [-0.2, 0) is 4.79 Å². The van der Waals surface area contributed by atoms with Crippen molar-refractivity contribution in [3.8, 4) is 0 Å². The van der Waals surface area contributed by atoms with Gasteiger partial charge in [0.25, 0.3) is 0 Å². The van der Waals surface area contributed by atoms with Crippen molar-refractivity contribution >= 4 is 45.2 Å². The zero-order valence-corrected chi connectivity index (χ0v) is 12.1. The summed E-state index contributed by atoms with van der Waals surface area (Å²) in [5.41, 5.74) is -0.870. The first-order chi connectivity index (χ1) is 8.22. The second-order valence-electron chi connectivity index (χ2n) is 4.14. The lowest BCUT2D eigenvalue weighted by Crippen LogP contribution is -2.51. The molecule has 0 aliphatic carbocycles. The number of hydrogen-bond donors (Lipinski definition) is 3. The molecule has 0 aromatic heterocycles. The van der Waals surface area contributed by atoms with E-state index >= 15 is 0 Å². The third-order valence-electron chi connectivity index (χ3n) is 2.14. The SMILES string of the molecule is CC(C)(NC(=O)Nc1ccc(Br)c(Cl)c1)C(=O)O. The Balaban J connectivity index is 2.71. The summed E-state index contributed by atoms with van der Waals surface area (Å²) in [6.45, 7) is 2.78. The van der Waals surface area contributed by atoms with E-state index in [2.05, 4.69) is 26.6 Å². The van der Waals surface area contributed by atoms with Crippen molar-refractivity contribution in [2.45, 2.75) is 19.4 Å². The minimum atomic E-state index is -1.34. The van der Waals surface area contributed by atoms with Gasteiger partial charge in [0, 0.05) is 10.2 Å². The van der Waals surface area contributed by atoms with Gasteiger partial charge in [-0.05, 0) is 48.0 Å². The highest BCUT2D eigenvalue weighted by Gasteiger charge is 2.28. The van der Waals surface area contributed by atoms with Gasteiger partial charge in [-0.15, -0.1) is 0 Å². The number of carbonyl (C=O) groups is 2. The lowest BCUT2D eigenvalue weighted by Gasteiger charge is -2.21. The van der Waals surface area contributed by atoms with Crippen LogP contribution in [0.3, 0.4) is 0 Å². The zero-order chi connectivity index (χ0) is 13.9. The average Bonchev–Trinajstić information content (AvgIpc) is 2.22. The van der Waals surface area contributed by atoms with E-state index in [4.69, 9.17) is 16.7 Å². The highest BCUT2D eigenvalue weighted by atomic mass is 79.9. The minimum absolute atomic E-state index is 0.449. The smallest absolute Gasteiger partial charge is 0.328 e. The molecular weight excluding hydrogens is 323 g/mol. The maximum Gasteiger partial charge on any atom is 0.328 e. The molecule has 0 fully saturated rings. The maximum absolute atomic E-state index is 11.6. The molecule has 0 unspecified atom stereocenters. The second kappa shape index (κ2) is 5.58. The summed E-state index contributed by atoms with van der Waals surface area (Å²) in [6.07, 6.45) is 0. The fraction of sp³-hybridized carbons (Fsp3) is 0.273. The molecule has 7 heteroatoms. The van der Waals surface area contributed by atoms with E-state index in [0.717, 1.165) is 0 Å². The molecule has 0 aliphatic rings. The quantitative estimate of drug-likeness (QED) is 0.794. The van der Waals surface area contributed by atoms with E-state index in [0.29, 0.717) is 15.2 Å². The summed E-state index contributed by atoms with van der Waals surface area (Å²) < 4.78 is 0.709. The normalized spacial score (nSPS) is 10.9. The first-order valence-electron chi connectivity index (χ1n) is 5.00. The van der Waals surface area contributed by atoms with E-state index in [1.54, 1.807) is 18.2 Å². The van der Waals surface area contributed by atoms with Gasteiger partial charge in [-0.3, -0.25) is 0 Å². The summed E-state index contributed by atoms with van der Waals surface area (Å²) >= 11 is 9.09. The van der Waals surface area contributed by atoms with Crippen molar-refractivity contribution < 1.29 is 14.7 Å². The number of rotatable bonds is 3. The van der Waals surface area contributed by atoms with Gasteiger partial charge in [-0.1, -0.05) is 11.6 Å². The average molecular weight is 336 g/mol. The molecule has 1 rings (SSSR count). The molecule has 3 N–H and O–H groups in total. The summed E-state index contributed by atoms with van der Waals surface area (Å²) in [5, 5.41) is 14.2. The number of benzene rings is 1. The largest absolute Gasteiger partial charge is 0.480 e. The molecule has 0 bridgehead atoms. The van der Waals surface area contributed by atoms with Crippen LogP contribution >= 0.6 is 27.5 Å². The second-order valence-corrected chi connectivity index (χ2v) is 5.40. The van der Waals surface area contributed by atoms with Gasteiger partial charge in [-0.2, -0.15) is 0 Å². The molecule has 0 radical (unpaired) electrons. The predicted octanol–water partition coefficient (Wildman–Crippen LogP) is 3.09. The van der Waals surface area contributed by atoms with Gasteiger partial charge in [0.1, 0.15) is 5.54 Å². The molecule has 5 nitrogen and oxygen atoms in total. The van der Waals surface area contributed by atoms with Crippen molar-refractivity contribution in [1.82, 2.24) is 5.32 Å². The van der Waals surface area contributed by atoms with Gasteiger partial charge >= 0.3 is 12.0 Å². The Morgan fingerprint density at radius 2 is 2.00 bits per heavy atom. The molecule has 0 aliphatic heterocycles. The van der Waals surface area contributed by atoms with Crippen LogP contribution in [0.25, 0.3) is 0 Å². The van der Waals surface area contributed by atoms with E-state index in [-0.39, 0.29) is 0 Å². The van der Waals surface area contributed by atoms with Gasteiger partial charge < -0.3 is 15.7 Å². The minimum Gasteiger partial charge on any atom is -0.480 e. The van der Waals surface area contributed by atoms with Crippen LogP contribution in [0.15, 0.2) is 22.7 Å². The Hall–Kier alpha value is -1.27. The Morgan fingerprint density at radius 1 is 1.39 bits per heavy atom. The summed E-state index contributed by atoms with van der Waals surface area (Å²) in [7, 11) is 0. The molecule has 18 heavy (non-hydrogen) atoms. The molecule has 0 heterocycles. The summed E-state index contributed by atoms with van der Waals surface area (Å²) in [5.74, 6) is -1.12. The number of urea groups is 1. The van der Waals surface area contributed by atoms with E-state index < -0.39 is 17.5 Å². The fourth-order valence-electron chi connectivity index (χ4n) is 1.07. The lowest BCUT2D eigenvalue weighted by atomic mass is 10.1. The number of carboxylic acids is 1. The zero-order valence-electron chi connectivity index (χ0n) is 9.75. The number of carboxylic acid groups (broad SMARTS) is 1. The lowest BCUT2D eigenvalue weighted by molar-refractivity contribution is -0.142. The Bertz CT molecular complexity index is 491. The first-order valence-corrected chi connectivity index (χ1v) is 6.17. The van der Waals surface area contributed by atoms with Crippen molar-refractivity contribution in [3.63, 3.8) is 0 Å². The molecule has 0 saturated carbocycles. The number of hydrogen-bond acceptors (Lipinski definition) is 2. The van der Waals surface area contributed by atoms with Crippen molar-refractivity contribution in [2.24, 2.45) is 0 Å². The van der Waals surface area contributed by atoms with Crippen LogP contribution in [-0.4, -0.2) is 22.6 Å².